The Morgan fingerprint density at radius 1 is 0.661 bits per heavy atom. The Kier molecular flexibility index (Phi) is 15.5. The van der Waals surface area contributed by atoms with E-state index in [0.717, 1.165) is 36.9 Å². The number of sulfone groups is 2. The third kappa shape index (κ3) is 9.81. The number of nitrogen functional groups attached to an aromatic ring is 2. The summed E-state index contributed by atoms with van der Waals surface area (Å²) in [6.45, 7) is 8.04. The lowest BCUT2D eigenvalue weighted by atomic mass is 9.69. The third-order valence-corrected chi connectivity index (χ3v) is 16.7. The molecule has 0 radical (unpaired) electrons. The van der Waals surface area contributed by atoms with Crippen molar-refractivity contribution in [1.82, 2.24) is 6.15 Å². The van der Waals surface area contributed by atoms with Gasteiger partial charge in [0, 0.05) is 53.8 Å². The first-order chi connectivity index (χ1) is 27.4. The first-order valence-electron chi connectivity index (χ1n) is 20.5. The van der Waals surface area contributed by atoms with Gasteiger partial charge in [0.05, 0.1) is 33.5 Å². The van der Waals surface area contributed by atoms with Crippen molar-refractivity contribution in [3.63, 3.8) is 0 Å². The summed E-state index contributed by atoms with van der Waals surface area (Å²) >= 11 is 0. The van der Waals surface area contributed by atoms with E-state index in [2.05, 4.69) is 6.92 Å². The smallest absolute Gasteiger partial charge is 0.179 e. The summed E-state index contributed by atoms with van der Waals surface area (Å²) < 4.78 is 67.8. The molecule has 324 valence electrons. The Bertz CT molecular complexity index is 2290. The highest BCUT2D eigenvalue weighted by molar-refractivity contribution is 7.91. The van der Waals surface area contributed by atoms with Crippen LogP contribution in [0.25, 0.3) is 0 Å². The monoisotopic (exact) mass is 852 g/mol. The van der Waals surface area contributed by atoms with E-state index >= 15 is 0 Å². The molecule has 0 amide bonds. The van der Waals surface area contributed by atoms with Gasteiger partial charge in [-0.25, -0.2) is 21.2 Å². The number of hydrogen-bond donors (Lipinski definition) is 5. The van der Waals surface area contributed by atoms with Crippen molar-refractivity contribution < 1.29 is 31.4 Å². The summed E-state index contributed by atoms with van der Waals surface area (Å²) in [5.41, 5.74) is 15.1. The molecule has 9 N–H and O–H groups in total. The minimum absolute atomic E-state index is 0. The average Bonchev–Trinajstić information content (AvgIpc) is 3.30. The van der Waals surface area contributed by atoms with Crippen LogP contribution in [0.3, 0.4) is 0 Å². The maximum atomic E-state index is 14.2. The largest absolute Gasteiger partial charge is 0.399 e. The van der Waals surface area contributed by atoms with Gasteiger partial charge in [-0.1, -0.05) is 77.6 Å². The van der Waals surface area contributed by atoms with E-state index in [1.807, 2.05) is 82.2 Å². The third-order valence-electron chi connectivity index (χ3n) is 12.7. The number of aliphatic hydroxyl groups excluding tert-OH is 2. The number of nitrogens with zero attached hydrogens (tertiary/aromatic N) is 1. The number of fused-ring (bicyclic) bond motifs is 2. The van der Waals surface area contributed by atoms with Crippen molar-refractivity contribution in [3.8, 4) is 0 Å². The van der Waals surface area contributed by atoms with Gasteiger partial charge < -0.3 is 32.7 Å². The number of rotatable bonds is 11. The van der Waals surface area contributed by atoms with Crippen LogP contribution in [0, 0.1) is 16.6 Å². The molecule has 4 aromatic rings. The van der Waals surface area contributed by atoms with Gasteiger partial charge in [-0.05, 0) is 109 Å². The number of hydrogen-bond acceptors (Lipinski definition) is 10. The minimum atomic E-state index is -3.69. The van der Waals surface area contributed by atoms with Crippen molar-refractivity contribution in [1.29, 1.82) is 0 Å². The zero-order valence-corrected chi connectivity index (χ0v) is 37.1. The van der Waals surface area contributed by atoms with Crippen LogP contribution < -0.4 is 22.5 Å². The molecule has 0 saturated carbocycles. The molecule has 0 spiro atoms. The zero-order chi connectivity index (χ0) is 42.6. The quantitative estimate of drug-likeness (QED) is 0.0719. The second-order valence-corrected chi connectivity index (χ2v) is 20.6. The molecule has 0 saturated heterocycles. The molecule has 10 nitrogen and oxygen atoms in total. The second-order valence-electron chi connectivity index (χ2n) is 16.6. The van der Waals surface area contributed by atoms with E-state index in [0.29, 0.717) is 58.6 Å². The van der Waals surface area contributed by atoms with Gasteiger partial charge in [0.1, 0.15) is 5.82 Å². The maximum Gasteiger partial charge on any atom is 0.179 e. The number of halogens is 1. The fraction of sp³-hybridized carbons (Fsp3) is 0.478. The van der Waals surface area contributed by atoms with Gasteiger partial charge in [-0.2, -0.15) is 0 Å². The van der Waals surface area contributed by atoms with Crippen LogP contribution in [-0.2, 0) is 19.7 Å². The van der Waals surface area contributed by atoms with Gasteiger partial charge in [0.25, 0.3) is 0 Å². The molecule has 13 heteroatoms. The van der Waals surface area contributed by atoms with Gasteiger partial charge in [0.2, 0.25) is 0 Å². The molecule has 2 aliphatic heterocycles. The van der Waals surface area contributed by atoms with Crippen LogP contribution in [0.1, 0.15) is 113 Å². The van der Waals surface area contributed by atoms with Gasteiger partial charge >= 0.3 is 0 Å². The molecular formula is C46H65FN4O6S2. The highest BCUT2D eigenvalue weighted by Gasteiger charge is 2.50. The van der Waals surface area contributed by atoms with Gasteiger partial charge in [-0.15, -0.1) is 0 Å². The highest BCUT2D eigenvalue weighted by atomic mass is 32.2. The van der Waals surface area contributed by atoms with Gasteiger partial charge in [-0.3, -0.25) is 0 Å². The fourth-order valence-electron chi connectivity index (χ4n) is 9.22. The predicted octanol–water partition coefficient (Wildman–Crippen LogP) is 8.64. The second kappa shape index (κ2) is 19.1. The predicted molar refractivity (Wildman–Crippen MR) is 238 cm³/mol. The molecule has 2 aliphatic rings. The van der Waals surface area contributed by atoms with E-state index < -0.39 is 60.4 Å². The van der Waals surface area contributed by atoms with Crippen LogP contribution in [-0.4, -0.2) is 64.9 Å². The van der Waals surface area contributed by atoms with Crippen LogP contribution in [0.15, 0.2) is 94.7 Å². The molecule has 0 aromatic heterocycles. The Labute approximate surface area is 351 Å². The van der Waals surface area contributed by atoms with E-state index in [1.165, 1.54) is 18.2 Å². The molecule has 0 aliphatic carbocycles. The van der Waals surface area contributed by atoms with Crippen molar-refractivity contribution in [2.75, 3.05) is 42.0 Å². The molecule has 6 atom stereocenters. The molecule has 4 aromatic carbocycles. The summed E-state index contributed by atoms with van der Waals surface area (Å²) in [6.07, 6.45) is 4.13. The standard InChI is InChI=1S/C24H34N2O3S.C22H28FNO3S.H3N/c1-5-7-13-24(6-2)16-30(28,29)21-12-11-19(26(3)4)15-20(21)22(23(24)27)17-9-8-10-18(25)14-17;1-3-5-11-22(4-2)14-28(26,27)19-10-9-16(23)13-18(19)20(21(22)25)15-7-6-8-17(24)12-15;/h8-12,14-15,22-23,27H,5-7,13,16,25H2,1-4H3;6-10,12-13,20-21,25H,3-5,11,14,24H2,1-2H3;1H3/t22-,23-,24-;20-,21-,22-;/m11./s1. The average molecular weight is 853 g/mol. The lowest BCUT2D eigenvalue weighted by Gasteiger charge is -2.39. The molecule has 0 bridgehead atoms. The van der Waals surface area contributed by atoms with Crippen molar-refractivity contribution in [2.24, 2.45) is 10.8 Å². The number of benzene rings is 4. The Hall–Kier alpha value is -4.01. The van der Waals surface area contributed by atoms with Crippen LogP contribution in [0.4, 0.5) is 21.5 Å². The first-order valence-corrected chi connectivity index (χ1v) is 23.8. The van der Waals surface area contributed by atoms with E-state index in [-0.39, 0.29) is 22.6 Å². The molecular weight excluding hydrogens is 788 g/mol. The summed E-state index contributed by atoms with van der Waals surface area (Å²) in [5.74, 6) is -1.83. The van der Waals surface area contributed by atoms with Crippen LogP contribution in [0.2, 0.25) is 0 Å². The normalized spacial score (nSPS) is 25.4. The lowest BCUT2D eigenvalue weighted by Crippen LogP contribution is -2.42. The summed E-state index contributed by atoms with van der Waals surface area (Å²) in [5, 5.41) is 23.4. The molecule has 0 fully saturated rings. The number of unbranched alkanes of at least 4 members (excludes halogenated alkanes) is 2. The SMILES string of the molecule is CCCC[C@]1(CC)CS(=O)(=O)c2ccc(F)cc2[C@@H](c2cccc(N)c2)[C@H]1O.CCCC[C@]1(CC)CS(=O)(=O)c2ccc(N(C)C)cc2[C@@H](c2cccc(N)c2)[C@H]1O.N. The van der Waals surface area contributed by atoms with E-state index in [4.69, 9.17) is 11.5 Å². The summed E-state index contributed by atoms with van der Waals surface area (Å²) in [7, 11) is -3.40. The number of aliphatic hydroxyl groups is 2. The van der Waals surface area contributed by atoms with E-state index in [9.17, 15) is 31.4 Å². The molecule has 0 unspecified atom stereocenters. The van der Waals surface area contributed by atoms with Crippen molar-refractivity contribution >= 4 is 36.7 Å². The number of nitrogens with two attached hydrogens (primary N) is 2. The molecule has 59 heavy (non-hydrogen) atoms. The molecule has 2 heterocycles. The fourth-order valence-corrected chi connectivity index (χ4v) is 13.7. The number of anilines is 3. The van der Waals surface area contributed by atoms with Crippen LogP contribution >= 0.6 is 0 Å². The Morgan fingerprint density at radius 2 is 1.08 bits per heavy atom. The Morgan fingerprint density at radius 3 is 1.47 bits per heavy atom. The molecule has 6 rings (SSSR count). The summed E-state index contributed by atoms with van der Waals surface area (Å²) in [4.78, 5) is 2.38. The Balaban J connectivity index is 0.000000257. The zero-order valence-electron chi connectivity index (χ0n) is 35.5. The summed E-state index contributed by atoms with van der Waals surface area (Å²) in [6, 6.07) is 23.7. The minimum Gasteiger partial charge on any atom is -0.399 e. The van der Waals surface area contributed by atoms with Gasteiger partial charge in [0.15, 0.2) is 19.7 Å². The van der Waals surface area contributed by atoms with Crippen molar-refractivity contribution in [2.45, 2.75) is 113 Å². The van der Waals surface area contributed by atoms with Crippen LogP contribution in [0.5, 0.6) is 0 Å². The lowest BCUT2D eigenvalue weighted by molar-refractivity contribution is 0.0173. The maximum absolute atomic E-state index is 14.2. The van der Waals surface area contributed by atoms with Crippen molar-refractivity contribution in [3.05, 3.63) is 113 Å². The van der Waals surface area contributed by atoms with E-state index in [1.54, 1.807) is 24.3 Å². The first kappa shape index (κ1) is 47.7. The highest BCUT2D eigenvalue weighted by Crippen LogP contribution is 2.51. The topological polar surface area (TPSA) is 199 Å².